The fourth-order valence-electron chi connectivity index (χ4n) is 2.89. The standard InChI is InChI=1S/C18H14F3NO2/c1-10(23)12-3-5-16-14(7-12)15-8-13(11(2)24)4-6-17(15)22(16)9-18(19,20)21/h3-8H,9H2,1-2H3. The van der Waals surface area contributed by atoms with Gasteiger partial charge in [-0.2, -0.15) is 13.2 Å². The van der Waals surface area contributed by atoms with Gasteiger partial charge in [0, 0.05) is 32.9 Å². The van der Waals surface area contributed by atoms with Gasteiger partial charge >= 0.3 is 6.18 Å². The largest absolute Gasteiger partial charge is 0.406 e. The zero-order chi connectivity index (χ0) is 17.6. The predicted octanol–water partition coefficient (Wildman–Crippen LogP) is 4.76. The Hall–Kier alpha value is -2.63. The summed E-state index contributed by atoms with van der Waals surface area (Å²) in [5.74, 6) is -0.340. The number of nitrogens with zero attached hydrogens (tertiary/aromatic N) is 1. The molecular formula is C18H14F3NO2. The molecule has 0 bridgehead atoms. The molecule has 0 N–H and O–H groups in total. The van der Waals surface area contributed by atoms with Crippen LogP contribution in [0, 0.1) is 0 Å². The zero-order valence-corrected chi connectivity index (χ0v) is 13.1. The lowest BCUT2D eigenvalue weighted by molar-refractivity contribution is -0.139. The van der Waals surface area contributed by atoms with E-state index in [1.54, 1.807) is 12.1 Å². The van der Waals surface area contributed by atoms with Gasteiger partial charge in [0.15, 0.2) is 11.6 Å². The summed E-state index contributed by atoms with van der Waals surface area (Å²) in [5, 5.41) is 1.06. The van der Waals surface area contributed by atoms with Crippen LogP contribution in [0.25, 0.3) is 21.8 Å². The van der Waals surface area contributed by atoms with Crippen LogP contribution >= 0.6 is 0 Å². The van der Waals surface area contributed by atoms with Crippen LogP contribution in [0.3, 0.4) is 0 Å². The van der Waals surface area contributed by atoms with E-state index in [1.807, 2.05) is 0 Å². The summed E-state index contributed by atoms with van der Waals surface area (Å²) in [6, 6.07) is 9.23. The van der Waals surface area contributed by atoms with Crippen LogP contribution < -0.4 is 0 Å². The molecule has 24 heavy (non-hydrogen) atoms. The third-order valence-electron chi connectivity index (χ3n) is 4.02. The molecule has 1 aromatic heterocycles. The van der Waals surface area contributed by atoms with Crippen molar-refractivity contribution in [3.63, 3.8) is 0 Å². The number of benzene rings is 2. The lowest BCUT2D eigenvalue weighted by Gasteiger charge is -2.10. The normalized spacial score (nSPS) is 12.0. The van der Waals surface area contributed by atoms with E-state index in [-0.39, 0.29) is 11.6 Å². The van der Waals surface area contributed by atoms with Gasteiger partial charge in [0.25, 0.3) is 0 Å². The molecule has 0 atom stereocenters. The molecule has 0 amide bonds. The summed E-state index contributed by atoms with van der Waals surface area (Å²) in [6.45, 7) is 1.67. The molecule has 3 nitrogen and oxygen atoms in total. The number of rotatable bonds is 3. The first kappa shape index (κ1) is 16.2. The van der Waals surface area contributed by atoms with Gasteiger partial charge in [-0.05, 0) is 50.2 Å². The third kappa shape index (κ3) is 2.79. The first-order chi connectivity index (χ1) is 11.2. The summed E-state index contributed by atoms with van der Waals surface area (Å²) in [4.78, 5) is 23.2. The van der Waals surface area contributed by atoms with Crippen LogP contribution in [0.1, 0.15) is 34.6 Å². The summed E-state index contributed by atoms with van der Waals surface area (Å²) < 4.78 is 40.0. The molecule has 0 saturated heterocycles. The first-order valence-corrected chi connectivity index (χ1v) is 7.32. The molecular weight excluding hydrogens is 319 g/mol. The zero-order valence-electron chi connectivity index (χ0n) is 13.1. The second-order valence-electron chi connectivity index (χ2n) is 5.78. The third-order valence-corrected chi connectivity index (χ3v) is 4.02. The van der Waals surface area contributed by atoms with E-state index in [0.717, 1.165) is 0 Å². The Kier molecular flexibility index (Phi) is 3.70. The number of aromatic nitrogens is 1. The quantitative estimate of drug-likeness (QED) is 0.648. The van der Waals surface area contributed by atoms with E-state index in [1.165, 1.54) is 42.7 Å². The average Bonchev–Trinajstić information content (AvgIpc) is 2.78. The molecule has 1 heterocycles. The van der Waals surface area contributed by atoms with Crippen molar-refractivity contribution in [1.29, 1.82) is 0 Å². The molecule has 0 aliphatic rings. The molecule has 0 spiro atoms. The SMILES string of the molecule is CC(=O)c1ccc2c(c1)c1cc(C(C)=O)ccc1n2CC(F)(F)F. The summed E-state index contributed by atoms with van der Waals surface area (Å²) in [5.41, 5.74) is 1.60. The molecule has 0 radical (unpaired) electrons. The van der Waals surface area contributed by atoms with Gasteiger partial charge in [0.05, 0.1) is 0 Å². The van der Waals surface area contributed by atoms with Crippen LogP contribution in [0.2, 0.25) is 0 Å². The van der Waals surface area contributed by atoms with Crippen LogP contribution in [-0.2, 0) is 6.54 Å². The highest BCUT2D eigenvalue weighted by atomic mass is 19.4. The number of Topliss-reactive ketones (excluding diaryl/α,β-unsaturated/α-hetero) is 2. The number of ketones is 2. The highest BCUT2D eigenvalue weighted by molar-refractivity contribution is 6.12. The number of alkyl halides is 3. The van der Waals surface area contributed by atoms with Gasteiger partial charge in [0.1, 0.15) is 6.54 Å². The number of hydrogen-bond acceptors (Lipinski definition) is 2. The van der Waals surface area contributed by atoms with E-state index >= 15 is 0 Å². The Balaban J connectivity index is 2.39. The highest BCUT2D eigenvalue weighted by Gasteiger charge is 2.30. The number of carbonyl (C=O) groups is 2. The van der Waals surface area contributed by atoms with Crippen LogP contribution in [0.15, 0.2) is 36.4 Å². The van der Waals surface area contributed by atoms with Crippen molar-refractivity contribution in [3.8, 4) is 0 Å². The first-order valence-electron chi connectivity index (χ1n) is 7.32. The maximum absolute atomic E-state index is 13.0. The molecule has 0 unspecified atom stereocenters. The average molecular weight is 333 g/mol. The molecule has 6 heteroatoms. The Bertz CT molecular complexity index is 912. The predicted molar refractivity (Wildman–Crippen MR) is 85.5 cm³/mol. The second-order valence-corrected chi connectivity index (χ2v) is 5.78. The van der Waals surface area contributed by atoms with Gasteiger partial charge in [-0.15, -0.1) is 0 Å². The smallest absolute Gasteiger partial charge is 0.331 e. The van der Waals surface area contributed by atoms with Gasteiger partial charge < -0.3 is 4.57 Å². The van der Waals surface area contributed by atoms with E-state index < -0.39 is 12.7 Å². The minimum Gasteiger partial charge on any atom is -0.331 e. The van der Waals surface area contributed by atoms with Gasteiger partial charge in [-0.25, -0.2) is 0 Å². The molecule has 2 aromatic carbocycles. The maximum atomic E-state index is 13.0. The Morgan fingerprint density at radius 1 is 0.875 bits per heavy atom. The fourth-order valence-corrected chi connectivity index (χ4v) is 2.89. The van der Waals surface area contributed by atoms with Crippen molar-refractivity contribution in [2.45, 2.75) is 26.6 Å². The lowest BCUT2D eigenvalue weighted by Crippen LogP contribution is -2.17. The van der Waals surface area contributed by atoms with Gasteiger partial charge in [0.2, 0.25) is 0 Å². The molecule has 0 aliphatic heterocycles. The Morgan fingerprint density at radius 3 is 1.62 bits per heavy atom. The summed E-state index contributed by atoms with van der Waals surface area (Å²) in [6.07, 6.45) is -4.38. The van der Waals surface area contributed by atoms with Gasteiger partial charge in [-0.3, -0.25) is 9.59 Å². The summed E-state index contributed by atoms with van der Waals surface area (Å²) >= 11 is 0. The molecule has 0 aliphatic carbocycles. The van der Waals surface area contributed by atoms with E-state index in [0.29, 0.717) is 32.9 Å². The molecule has 3 rings (SSSR count). The number of halogens is 3. The van der Waals surface area contributed by atoms with E-state index in [9.17, 15) is 22.8 Å². The topological polar surface area (TPSA) is 39.1 Å². The number of carbonyl (C=O) groups excluding carboxylic acids is 2. The highest BCUT2D eigenvalue weighted by Crippen LogP contribution is 2.33. The van der Waals surface area contributed by atoms with E-state index in [4.69, 9.17) is 0 Å². The minimum atomic E-state index is -4.38. The van der Waals surface area contributed by atoms with Gasteiger partial charge in [-0.1, -0.05) is 0 Å². The van der Waals surface area contributed by atoms with Crippen molar-refractivity contribution < 1.29 is 22.8 Å². The van der Waals surface area contributed by atoms with Crippen molar-refractivity contribution in [3.05, 3.63) is 47.5 Å². The number of hydrogen-bond donors (Lipinski definition) is 0. The van der Waals surface area contributed by atoms with Crippen LogP contribution in [0.5, 0.6) is 0 Å². The van der Waals surface area contributed by atoms with Crippen molar-refractivity contribution in [1.82, 2.24) is 4.57 Å². The molecule has 0 fully saturated rings. The monoisotopic (exact) mass is 333 g/mol. The second kappa shape index (κ2) is 5.47. The van der Waals surface area contributed by atoms with Crippen molar-refractivity contribution in [2.75, 3.05) is 0 Å². The van der Waals surface area contributed by atoms with E-state index in [2.05, 4.69) is 0 Å². The minimum absolute atomic E-state index is 0.170. The Morgan fingerprint density at radius 2 is 1.29 bits per heavy atom. The molecule has 3 aromatic rings. The van der Waals surface area contributed by atoms with Crippen LogP contribution in [-0.4, -0.2) is 22.3 Å². The molecule has 124 valence electrons. The fraction of sp³-hybridized carbons (Fsp3) is 0.222. The lowest BCUT2D eigenvalue weighted by atomic mass is 10.0. The maximum Gasteiger partial charge on any atom is 0.406 e. The number of fused-ring (bicyclic) bond motifs is 3. The van der Waals surface area contributed by atoms with Crippen molar-refractivity contribution >= 4 is 33.4 Å². The summed E-state index contributed by atoms with van der Waals surface area (Å²) in [7, 11) is 0. The molecule has 0 saturated carbocycles. The van der Waals surface area contributed by atoms with Crippen molar-refractivity contribution in [2.24, 2.45) is 0 Å². The van der Waals surface area contributed by atoms with Crippen LogP contribution in [0.4, 0.5) is 13.2 Å². The Labute approximate surface area is 135 Å².